The fourth-order valence-electron chi connectivity index (χ4n) is 2.48. The monoisotopic (exact) mass is 387 g/mol. The molecule has 8 heteroatoms. The molecule has 0 aliphatic heterocycles. The van der Waals surface area contributed by atoms with Crippen molar-refractivity contribution in [1.29, 1.82) is 0 Å². The number of carbonyl (C=O) groups is 1. The summed E-state index contributed by atoms with van der Waals surface area (Å²) < 4.78 is 21.0. The maximum Gasteiger partial charge on any atom is 0.311 e. The molecule has 28 heavy (non-hydrogen) atoms. The van der Waals surface area contributed by atoms with Gasteiger partial charge in [0.15, 0.2) is 23.0 Å². The van der Waals surface area contributed by atoms with E-state index in [0.29, 0.717) is 29.2 Å². The molecule has 8 nitrogen and oxygen atoms in total. The molecule has 0 aromatic heterocycles. The number of ether oxygens (including phenoxy) is 4. The second kappa shape index (κ2) is 9.96. The number of hydrogen-bond acceptors (Lipinski definition) is 7. The largest absolute Gasteiger partial charge is 0.493 e. The molecular weight excluding hydrogens is 366 g/mol. The van der Waals surface area contributed by atoms with Gasteiger partial charge in [-0.05, 0) is 41.8 Å². The van der Waals surface area contributed by atoms with E-state index < -0.39 is 10.9 Å². The van der Waals surface area contributed by atoms with Crippen LogP contribution in [0.1, 0.15) is 17.5 Å². The number of rotatable bonds is 9. The van der Waals surface area contributed by atoms with Gasteiger partial charge in [-0.2, -0.15) is 0 Å². The fourth-order valence-corrected chi connectivity index (χ4v) is 2.48. The Bertz CT molecular complexity index is 877. The first-order chi connectivity index (χ1) is 13.5. The maximum atomic E-state index is 12.2. The first-order valence-electron chi connectivity index (χ1n) is 8.38. The summed E-state index contributed by atoms with van der Waals surface area (Å²) in [5, 5.41) is 10.4. The van der Waals surface area contributed by atoms with Gasteiger partial charge in [0.25, 0.3) is 0 Å². The molecule has 2 rings (SSSR count). The lowest BCUT2D eigenvalue weighted by molar-refractivity contribution is -0.400. The van der Waals surface area contributed by atoms with Gasteiger partial charge < -0.3 is 18.9 Å². The number of benzene rings is 2. The van der Waals surface area contributed by atoms with Gasteiger partial charge in [-0.1, -0.05) is 12.1 Å². The van der Waals surface area contributed by atoms with E-state index >= 15 is 0 Å². The summed E-state index contributed by atoms with van der Waals surface area (Å²) in [4.78, 5) is 22.0. The number of esters is 1. The van der Waals surface area contributed by atoms with E-state index in [1.165, 1.54) is 19.3 Å². The van der Waals surface area contributed by atoms with E-state index in [9.17, 15) is 14.9 Å². The molecule has 0 spiro atoms. The highest BCUT2D eigenvalue weighted by molar-refractivity contribution is 5.74. The Hall–Kier alpha value is -3.55. The van der Waals surface area contributed by atoms with E-state index in [4.69, 9.17) is 18.9 Å². The summed E-state index contributed by atoms with van der Waals surface area (Å²) in [5.74, 6) is 1.34. The Labute approximate surface area is 162 Å². The Morgan fingerprint density at radius 3 is 2.25 bits per heavy atom. The summed E-state index contributed by atoms with van der Waals surface area (Å²) in [6.07, 6.45) is 2.77. The van der Waals surface area contributed by atoms with Crippen molar-refractivity contribution < 1.29 is 28.7 Å². The van der Waals surface area contributed by atoms with Gasteiger partial charge in [0, 0.05) is 12.5 Å². The summed E-state index contributed by atoms with van der Waals surface area (Å²) in [6, 6.07) is 10.1. The molecule has 0 bridgehead atoms. The molecule has 0 atom stereocenters. The quantitative estimate of drug-likeness (QED) is 0.281. The molecular formula is C20H21NO7. The van der Waals surface area contributed by atoms with Crippen LogP contribution in [0.25, 0.3) is 6.08 Å². The number of hydrogen-bond donors (Lipinski definition) is 0. The number of aryl methyl sites for hydroxylation is 1. The lowest BCUT2D eigenvalue weighted by Gasteiger charge is -2.11. The SMILES string of the molecule is COc1ccc(CCC(=O)Oc2ccc(/C=C/[N+](=O)[O-])cc2OC)cc1OC. The molecule has 0 N–H and O–H groups in total. The van der Waals surface area contributed by atoms with E-state index in [2.05, 4.69) is 0 Å². The lowest BCUT2D eigenvalue weighted by Crippen LogP contribution is -2.10. The Kier molecular flexibility index (Phi) is 7.38. The van der Waals surface area contributed by atoms with Crippen molar-refractivity contribution in [3.05, 3.63) is 63.8 Å². The minimum absolute atomic E-state index is 0.154. The molecule has 0 saturated heterocycles. The van der Waals surface area contributed by atoms with Crippen LogP contribution in [0, 0.1) is 10.1 Å². The molecule has 0 amide bonds. The van der Waals surface area contributed by atoms with Gasteiger partial charge in [0.2, 0.25) is 6.20 Å². The Morgan fingerprint density at radius 1 is 0.964 bits per heavy atom. The molecule has 2 aromatic rings. The molecule has 0 aliphatic rings. The smallest absolute Gasteiger partial charge is 0.311 e. The van der Waals surface area contributed by atoms with Crippen LogP contribution >= 0.6 is 0 Å². The first kappa shape index (κ1) is 20.8. The van der Waals surface area contributed by atoms with E-state index in [-0.39, 0.29) is 12.2 Å². The van der Waals surface area contributed by atoms with E-state index in [0.717, 1.165) is 11.8 Å². The maximum absolute atomic E-state index is 12.2. The van der Waals surface area contributed by atoms with Gasteiger partial charge in [0.1, 0.15) is 0 Å². The van der Waals surface area contributed by atoms with Crippen LogP contribution in [0.4, 0.5) is 0 Å². The molecule has 0 aliphatic carbocycles. The average Bonchev–Trinajstić information content (AvgIpc) is 2.71. The third-order valence-corrected chi connectivity index (χ3v) is 3.87. The summed E-state index contributed by atoms with van der Waals surface area (Å²) in [7, 11) is 4.53. The van der Waals surface area contributed by atoms with Crippen molar-refractivity contribution in [2.24, 2.45) is 0 Å². The van der Waals surface area contributed by atoms with Crippen LogP contribution < -0.4 is 18.9 Å². The van der Waals surface area contributed by atoms with Crippen LogP contribution in [0.5, 0.6) is 23.0 Å². The second-order valence-electron chi connectivity index (χ2n) is 5.67. The van der Waals surface area contributed by atoms with E-state index in [1.807, 2.05) is 12.1 Å². The molecule has 148 valence electrons. The number of carbonyl (C=O) groups excluding carboxylic acids is 1. The highest BCUT2D eigenvalue weighted by Crippen LogP contribution is 2.30. The Balaban J connectivity index is 2.01. The predicted molar refractivity (Wildman–Crippen MR) is 103 cm³/mol. The highest BCUT2D eigenvalue weighted by Gasteiger charge is 2.12. The fraction of sp³-hybridized carbons (Fsp3) is 0.250. The van der Waals surface area contributed by atoms with Crippen LogP contribution in [-0.2, 0) is 11.2 Å². The van der Waals surface area contributed by atoms with Crippen LogP contribution in [-0.4, -0.2) is 32.2 Å². The molecule has 0 heterocycles. The Morgan fingerprint density at radius 2 is 1.61 bits per heavy atom. The third-order valence-electron chi connectivity index (χ3n) is 3.87. The molecule has 2 aromatic carbocycles. The van der Waals surface area contributed by atoms with Crippen molar-refractivity contribution in [3.8, 4) is 23.0 Å². The number of nitrogens with zero attached hydrogens (tertiary/aromatic N) is 1. The lowest BCUT2D eigenvalue weighted by atomic mass is 10.1. The topological polar surface area (TPSA) is 97.1 Å². The van der Waals surface area contributed by atoms with Gasteiger partial charge in [-0.15, -0.1) is 0 Å². The van der Waals surface area contributed by atoms with Gasteiger partial charge >= 0.3 is 5.97 Å². The molecule has 0 fully saturated rings. The van der Waals surface area contributed by atoms with Gasteiger partial charge in [-0.3, -0.25) is 14.9 Å². The second-order valence-corrected chi connectivity index (χ2v) is 5.67. The number of nitro groups is 1. The highest BCUT2D eigenvalue weighted by atomic mass is 16.6. The number of methoxy groups -OCH3 is 3. The van der Waals surface area contributed by atoms with E-state index in [1.54, 1.807) is 32.4 Å². The van der Waals surface area contributed by atoms with Crippen molar-refractivity contribution >= 4 is 12.0 Å². The molecule has 0 saturated carbocycles. The molecule has 0 unspecified atom stereocenters. The zero-order valence-electron chi connectivity index (χ0n) is 15.8. The van der Waals surface area contributed by atoms with Crippen molar-refractivity contribution in [2.75, 3.05) is 21.3 Å². The molecule has 0 radical (unpaired) electrons. The summed E-state index contributed by atoms with van der Waals surface area (Å²) in [6.45, 7) is 0. The van der Waals surface area contributed by atoms with Crippen molar-refractivity contribution in [1.82, 2.24) is 0 Å². The van der Waals surface area contributed by atoms with Crippen molar-refractivity contribution in [2.45, 2.75) is 12.8 Å². The summed E-state index contributed by atoms with van der Waals surface area (Å²) >= 11 is 0. The average molecular weight is 387 g/mol. The third kappa shape index (κ3) is 5.73. The van der Waals surface area contributed by atoms with Crippen LogP contribution in [0.15, 0.2) is 42.6 Å². The zero-order valence-corrected chi connectivity index (χ0v) is 15.8. The van der Waals surface area contributed by atoms with Crippen LogP contribution in [0.3, 0.4) is 0 Å². The summed E-state index contributed by atoms with van der Waals surface area (Å²) in [5.41, 5.74) is 1.46. The predicted octanol–water partition coefficient (Wildman–Crippen LogP) is 3.50. The standard InChI is InChI=1S/C20H21NO7/c1-25-16-7-4-14(12-18(16)26-2)6-9-20(22)28-17-8-5-15(10-11-21(23)24)13-19(17)27-3/h4-5,7-8,10-13H,6,9H2,1-3H3/b11-10+. The van der Waals surface area contributed by atoms with Crippen molar-refractivity contribution in [3.63, 3.8) is 0 Å². The van der Waals surface area contributed by atoms with Gasteiger partial charge in [-0.25, -0.2) is 0 Å². The van der Waals surface area contributed by atoms with Gasteiger partial charge in [0.05, 0.1) is 26.3 Å². The minimum Gasteiger partial charge on any atom is -0.493 e. The minimum atomic E-state index is -0.561. The first-order valence-corrected chi connectivity index (χ1v) is 8.38. The normalized spacial score (nSPS) is 10.5. The van der Waals surface area contributed by atoms with Crippen LogP contribution in [0.2, 0.25) is 0 Å². The zero-order chi connectivity index (χ0) is 20.5.